The number of H-pyrrole nitrogens is 1. The van der Waals surface area contributed by atoms with Crippen molar-refractivity contribution in [3.8, 4) is 11.3 Å². The van der Waals surface area contributed by atoms with Crippen LogP contribution in [0.3, 0.4) is 0 Å². The lowest BCUT2D eigenvalue weighted by molar-refractivity contribution is 0.773. The van der Waals surface area contributed by atoms with Gasteiger partial charge in [-0.05, 0) is 23.6 Å². The van der Waals surface area contributed by atoms with Crippen LogP contribution in [-0.4, -0.2) is 29.5 Å². The fourth-order valence-electron chi connectivity index (χ4n) is 2.62. The van der Waals surface area contributed by atoms with Crippen molar-refractivity contribution in [3.63, 3.8) is 0 Å². The van der Waals surface area contributed by atoms with E-state index in [2.05, 4.69) is 37.7 Å². The third-order valence-electron chi connectivity index (χ3n) is 4.00. The molecular formula is C20H22ClN5. The summed E-state index contributed by atoms with van der Waals surface area (Å²) in [5.74, 6) is 1.59. The maximum Gasteiger partial charge on any atom is 0.191 e. The minimum atomic E-state index is 0.568. The molecule has 134 valence electrons. The first-order valence-electron chi connectivity index (χ1n) is 8.53. The molecule has 0 aliphatic rings. The largest absolute Gasteiger partial charge is 0.356 e. The first-order valence-corrected chi connectivity index (χ1v) is 8.91. The van der Waals surface area contributed by atoms with Crippen LogP contribution >= 0.6 is 11.6 Å². The normalized spacial score (nSPS) is 11.4. The van der Waals surface area contributed by atoms with Crippen LogP contribution in [0.15, 0.2) is 65.8 Å². The quantitative estimate of drug-likeness (QED) is 0.460. The standard InChI is InChI=1S/C20H22ClN5/c1-22-20(23-12-11-15-7-5-6-10-17(15)21)25-14-19-24-13-18(26-19)16-8-3-2-4-9-16/h2-10,13H,11-12,14H2,1H3,(H,24,26)(H2,22,23,25). The first kappa shape index (κ1) is 18.0. The Balaban J connectivity index is 1.49. The summed E-state index contributed by atoms with van der Waals surface area (Å²) < 4.78 is 0. The number of guanidine groups is 1. The van der Waals surface area contributed by atoms with E-state index >= 15 is 0 Å². The zero-order valence-corrected chi connectivity index (χ0v) is 15.4. The van der Waals surface area contributed by atoms with E-state index in [0.717, 1.165) is 46.6 Å². The van der Waals surface area contributed by atoms with Gasteiger partial charge in [0.1, 0.15) is 5.82 Å². The van der Waals surface area contributed by atoms with Crippen molar-refractivity contribution in [3.05, 3.63) is 77.2 Å². The topological polar surface area (TPSA) is 65.1 Å². The van der Waals surface area contributed by atoms with Crippen LogP contribution in [0.25, 0.3) is 11.3 Å². The third kappa shape index (κ3) is 4.86. The van der Waals surface area contributed by atoms with E-state index < -0.39 is 0 Å². The van der Waals surface area contributed by atoms with Crippen LogP contribution in [0.1, 0.15) is 11.4 Å². The van der Waals surface area contributed by atoms with Crippen molar-refractivity contribution in [2.45, 2.75) is 13.0 Å². The van der Waals surface area contributed by atoms with Crippen molar-refractivity contribution in [1.82, 2.24) is 20.6 Å². The summed E-state index contributed by atoms with van der Waals surface area (Å²) in [6, 6.07) is 18.0. The molecule has 0 radical (unpaired) electrons. The number of nitrogens with zero attached hydrogens (tertiary/aromatic N) is 2. The predicted octanol–water partition coefficient (Wildman–Crippen LogP) is 3.64. The lowest BCUT2D eigenvalue weighted by Gasteiger charge is -2.11. The van der Waals surface area contributed by atoms with E-state index in [9.17, 15) is 0 Å². The Hall–Kier alpha value is -2.79. The number of aromatic amines is 1. The average molecular weight is 368 g/mol. The van der Waals surface area contributed by atoms with E-state index in [-0.39, 0.29) is 0 Å². The SMILES string of the molecule is CN=C(NCCc1ccccc1Cl)NCc1ncc(-c2ccccc2)[nH]1. The van der Waals surface area contributed by atoms with Crippen LogP contribution in [0.5, 0.6) is 0 Å². The summed E-state index contributed by atoms with van der Waals surface area (Å²) in [6.07, 6.45) is 2.68. The van der Waals surface area contributed by atoms with Crippen molar-refractivity contribution in [2.75, 3.05) is 13.6 Å². The minimum absolute atomic E-state index is 0.568. The zero-order valence-electron chi connectivity index (χ0n) is 14.7. The number of hydrogen-bond acceptors (Lipinski definition) is 2. The second-order valence-electron chi connectivity index (χ2n) is 5.80. The summed E-state index contributed by atoms with van der Waals surface area (Å²) in [6.45, 7) is 1.31. The van der Waals surface area contributed by atoms with Gasteiger partial charge in [-0.1, -0.05) is 60.1 Å². The fourth-order valence-corrected chi connectivity index (χ4v) is 2.85. The number of aliphatic imine (C=N–C) groups is 1. The zero-order chi connectivity index (χ0) is 18.2. The van der Waals surface area contributed by atoms with Gasteiger partial charge < -0.3 is 15.6 Å². The predicted molar refractivity (Wildman–Crippen MR) is 107 cm³/mol. The molecule has 3 rings (SSSR count). The second kappa shape index (κ2) is 9.06. The van der Waals surface area contributed by atoms with Crippen LogP contribution in [-0.2, 0) is 13.0 Å². The molecule has 0 fully saturated rings. The smallest absolute Gasteiger partial charge is 0.191 e. The van der Waals surface area contributed by atoms with Gasteiger partial charge in [-0.2, -0.15) is 0 Å². The maximum absolute atomic E-state index is 6.18. The van der Waals surface area contributed by atoms with Gasteiger partial charge in [0.2, 0.25) is 0 Å². The van der Waals surface area contributed by atoms with Crippen LogP contribution in [0.4, 0.5) is 0 Å². The molecule has 3 aromatic rings. The number of rotatable bonds is 6. The molecule has 0 aliphatic carbocycles. The Kier molecular flexibility index (Phi) is 6.28. The monoisotopic (exact) mass is 367 g/mol. The van der Waals surface area contributed by atoms with Crippen molar-refractivity contribution < 1.29 is 0 Å². The number of nitrogens with one attached hydrogen (secondary N) is 3. The maximum atomic E-state index is 6.18. The van der Waals surface area contributed by atoms with E-state index in [1.807, 2.05) is 48.7 Å². The Morgan fingerprint density at radius 1 is 1.08 bits per heavy atom. The Morgan fingerprint density at radius 3 is 2.62 bits per heavy atom. The third-order valence-corrected chi connectivity index (χ3v) is 4.37. The summed E-state index contributed by atoms with van der Waals surface area (Å²) in [4.78, 5) is 12.0. The summed E-state index contributed by atoms with van der Waals surface area (Å²) in [5, 5.41) is 7.35. The van der Waals surface area contributed by atoms with E-state index in [0.29, 0.717) is 6.54 Å². The van der Waals surface area contributed by atoms with Gasteiger partial charge in [-0.3, -0.25) is 4.99 Å². The molecule has 0 amide bonds. The molecule has 5 nitrogen and oxygen atoms in total. The number of halogens is 1. The Labute approximate surface area is 158 Å². The van der Waals surface area contributed by atoms with Gasteiger partial charge in [0.15, 0.2) is 5.96 Å². The van der Waals surface area contributed by atoms with Gasteiger partial charge in [0.25, 0.3) is 0 Å². The van der Waals surface area contributed by atoms with E-state index in [1.165, 1.54) is 0 Å². The van der Waals surface area contributed by atoms with E-state index in [1.54, 1.807) is 7.05 Å². The minimum Gasteiger partial charge on any atom is -0.356 e. The summed E-state index contributed by atoms with van der Waals surface area (Å²) in [5.41, 5.74) is 3.24. The molecule has 0 atom stereocenters. The van der Waals surface area contributed by atoms with E-state index in [4.69, 9.17) is 11.6 Å². The molecule has 0 saturated heterocycles. The highest BCUT2D eigenvalue weighted by atomic mass is 35.5. The Bertz CT molecular complexity index is 857. The van der Waals surface area contributed by atoms with Gasteiger partial charge in [-0.15, -0.1) is 0 Å². The summed E-state index contributed by atoms with van der Waals surface area (Å²) in [7, 11) is 1.75. The molecule has 0 bridgehead atoms. The fraction of sp³-hybridized carbons (Fsp3) is 0.200. The Morgan fingerprint density at radius 2 is 1.85 bits per heavy atom. The average Bonchev–Trinajstić information content (AvgIpc) is 3.16. The highest BCUT2D eigenvalue weighted by Crippen LogP contribution is 2.16. The molecule has 1 heterocycles. The lowest BCUT2D eigenvalue weighted by atomic mass is 10.1. The van der Waals surface area contributed by atoms with Crippen molar-refractivity contribution in [2.24, 2.45) is 4.99 Å². The number of aromatic nitrogens is 2. The first-order chi connectivity index (χ1) is 12.8. The molecular weight excluding hydrogens is 346 g/mol. The molecule has 2 aromatic carbocycles. The van der Waals surface area contributed by atoms with Crippen LogP contribution in [0.2, 0.25) is 5.02 Å². The van der Waals surface area contributed by atoms with Crippen LogP contribution in [0, 0.1) is 0 Å². The molecule has 3 N–H and O–H groups in total. The highest BCUT2D eigenvalue weighted by molar-refractivity contribution is 6.31. The van der Waals surface area contributed by atoms with Gasteiger partial charge in [0.05, 0.1) is 18.4 Å². The lowest BCUT2D eigenvalue weighted by Crippen LogP contribution is -2.38. The number of imidazole rings is 1. The van der Waals surface area contributed by atoms with Gasteiger partial charge >= 0.3 is 0 Å². The van der Waals surface area contributed by atoms with Crippen LogP contribution < -0.4 is 10.6 Å². The molecule has 0 aliphatic heterocycles. The molecule has 0 spiro atoms. The van der Waals surface area contributed by atoms with Gasteiger partial charge in [0, 0.05) is 18.6 Å². The summed E-state index contributed by atoms with van der Waals surface area (Å²) >= 11 is 6.18. The molecule has 0 saturated carbocycles. The molecule has 0 unspecified atom stereocenters. The number of hydrogen-bond donors (Lipinski definition) is 3. The highest BCUT2D eigenvalue weighted by Gasteiger charge is 2.05. The molecule has 26 heavy (non-hydrogen) atoms. The second-order valence-corrected chi connectivity index (χ2v) is 6.21. The molecule has 1 aromatic heterocycles. The van der Waals surface area contributed by atoms with Gasteiger partial charge in [-0.25, -0.2) is 4.98 Å². The number of benzene rings is 2. The molecule has 6 heteroatoms. The van der Waals surface area contributed by atoms with Crippen molar-refractivity contribution in [1.29, 1.82) is 0 Å². The van der Waals surface area contributed by atoms with Crippen molar-refractivity contribution >= 4 is 17.6 Å².